The third kappa shape index (κ3) is 4.04. The zero-order valence-corrected chi connectivity index (χ0v) is 19.9. The Hall–Kier alpha value is -2.40. The van der Waals surface area contributed by atoms with Gasteiger partial charge in [0, 0.05) is 0 Å². The third-order valence-electron chi connectivity index (χ3n) is 5.09. The van der Waals surface area contributed by atoms with E-state index in [1.807, 2.05) is 0 Å². The zero-order valence-electron chi connectivity index (χ0n) is 17.5. The van der Waals surface area contributed by atoms with Gasteiger partial charge < -0.3 is 0 Å². The maximum atomic E-state index is 5.80. The number of methoxy groups -OCH3 is 3. The van der Waals surface area contributed by atoms with Crippen LogP contribution < -0.4 is 27.4 Å². The van der Waals surface area contributed by atoms with Gasteiger partial charge in [-0.25, -0.2) is 0 Å². The van der Waals surface area contributed by atoms with E-state index in [4.69, 9.17) is 14.2 Å². The summed E-state index contributed by atoms with van der Waals surface area (Å²) in [6, 6.07) is 19.3. The van der Waals surface area contributed by atoms with Gasteiger partial charge in [-0.05, 0) is 0 Å². The summed E-state index contributed by atoms with van der Waals surface area (Å²) in [7, 11) is 5.23. The van der Waals surface area contributed by atoms with Crippen molar-refractivity contribution in [1.29, 1.82) is 0 Å². The first-order valence-corrected chi connectivity index (χ1v) is 13.1. The van der Waals surface area contributed by atoms with Crippen LogP contribution in [0.15, 0.2) is 54.6 Å². The standard InChI is InChI=1S/C24H28GeO3/c1-16-7-10-22(26-4)19(13-16)25(20-14-17(2)8-11-23(20)27-5)21-15-18(3)9-12-24(21)28-6/h7-15,25H,1-6H3. The van der Waals surface area contributed by atoms with Crippen LogP contribution >= 0.6 is 0 Å². The molecule has 3 aromatic rings. The Bertz CT molecular complexity index is 854. The van der Waals surface area contributed by atoms with Gasteiger partial charge in [0.05, 0.1) is 0 Å². The molecule has 0 amide bonds. The van der Waals surface area contributed by atoms with Gasteiger partial charge in [0.25, 0.3) is 0 Å². The van der Waals surface area contributed by atoms with Crippen molar-refractivity contribution in [3.05, 3.63) is 71.3 Å². The first-order valence-electron chi connectivity index (χ1n) is 9.42. The summed E-state index contributed by atoms with van der Waals surface area (Å²) in [6.45, 7) is 6.38. The van der Waals surface area contributed by atoms with Crippen molar-refractivity contribution in [2.24, 2.45) is 0 Å². The van der Waals surface area contributed by atoms with Gasteiger partial charge in [0.15, 0.2) is 0 Å². The van der Waals surface area contributed by atoms with Crippen LogP contribution in [0.2, 0.25) is 0 Å². The molecule has 0 spiro atoms. The van der Waals surface area contributed by atoms with E-state index in [0.29, 0.717) is 0 Å². The molecule has 3 rings (SSSR count). The molecule has 0 radical (unpaired) electrons. The van der Waals surface area contributed by atoms with Crippen LogP contribution in [0.3, 0.4) is 0 Å². The summed E-state index contributed by atoms with van der Waals surface area (Å²) in [5, 5.41) is 0. The molecule has 0 atom stereocenters. The van der Waals surface area contributed by atoms with Crippen LogP contribution in [0.4, 0.5) is 0 Å². The molecule has 0 aliphatic carbocycles. The van der Waals surface area contributed by atoms with Crippen molar-refractivity contribution in [2.45, 2.75) is 20.8 Å². The minimum absolute atomic E-state index is 0.933. The second-order valence-corrected chi connectivity index (χ2v) is 12.9. The van der Waals surface area contributed by atoms with Crippen LogP contribution in [-0.2, 0) is 0 Å². The summed E-state index contributed by atoms with van der Waals surface area (Å²) in [4.78, 5) is 0. The Kier molecular flexibility index (Phi) is 6.35. The third-order valence-corrected chi connectivity index (χ3v) is 11.8. The molecule has 0 saturated carbocycles. The van der Waals surface area contributed by atoms with E-state index in [0.717, 1.165) is 17.2 Å². The van der Waals surface area contributed by atoms with E-state index in [1.54, 1.807) is 21.3 Å². The molecule has 0 aliphatic heterocycles. The number of aryl methyl sites for hydroxylation is 3. The Balaban J connectivity index is 2.38. The second-order valence-electron chi connectivity index (χ2n) is 7.17. The van der Waals surface area contributed by atoms with Gasteiger partial charge in [-0.3, -0.25) is 0 Å². The molecule has 146 valence electrons. The molecule has 0 saturated heterocycles. The van der Waals surface area contributed by atoms with Crippen molar-refractivity contribution >= 4 is 27.5 Å². The van der Waals surface area contributed by atoms with Crippen LogP contribution in [0.5, 0.6) is 17.2 Å². The van der Waals surface area contributed by atoms with Gasteiger partial charge >= 0.3 is 172 Å². The second kappa shape index (κ2) is 8.74. The molecule has 0 bridgehead atoms. The van der Waals surface area contributed by atoms with E-state index < -0.39 is 14.3 Å². The van der Waals surface area contributed by atoms with E-state index in [2.05, 4.69) is 75.4 Å². The molecule has 3 aromatic carbocycles. The fraction of sp³-hybridized carbons (Fsp3) is 0.250. The first kappa shape index (κ1) is 20.3. The number of hydrogen-bond acceptors (Lipinski definition) is 3. The number of rotatable bonds is 6. The summed E-state index contributed by atoms with van der Waals surface area (Å²) in [6.07, 6.45) is 0. The molecule has 0 aliphatic rings. The van der Waals surface area contributed by atoms with Crippen molar-refractivity contribution in [1.82, 2.24) is 0 Å². The van der Waals surface area contributed by atoms with Gasteiger partial charge in [-0.1, -0.05) is 0 Å². The predicted molar refractivity (Wildman–Crippen MR) is 119 cm³/mol. The van der Waals surface area contributed by atoms with Crippen LogP contribution in [0, 0.1) is 20.8 Å². The minimum atomic E-state index is -2.59. The molecule has 3 nitrogen and oxygen atoms in total. The average Bonchev–Trinajstić information content (AvgIpc) is 2.69. The molecular formula is C24H28GeO3. The normalized spacial score (nSPS) is 10.8. The predicted octanol–water partition coefficient (Wildman–Crippen LogP) is 2.89. The van der Waals surface area contributed by atoms with Gasteiger partial charge in [0.1, 0.15) is 0 Å². The quantitative estimate of drug-likeness (QED) is 0.556. The summed E-state index contributed by atoms with van der Waals surface area (Å²) < 4.78 is 21.2. The summed E-state index contributed by atoms with van der Waals surface area (Å²) in [5.41, 5.74) is 3.68. The van der Waals surface area contributed by atoms with Crippen LogP contribution in [0.1, 0.15) is 16.7 Å². The molecule has 0 N–H and O–H groups in total. The molecule has 0 aromatic heterocycles. The van der Waals surface area contributed by atoms with Crippen molar-refractivity contribution < 1.29 is 14.2 Å². The first-order chi connectivity index (χ1) is 13.5. The Morgan fingerprint density at radius 3 is 1.04 bits per heavy atom. The van der Waals surface area contributed by atoms with Crippen molar-refractivity contribution in [2.75, 3.05) is 21.3 Å². The van der Waals surface area contributed by atoms with E-state index in [9.17, 15) is 0 Å². The van der Waals surface area contributed by atoms with Gasteiger partial charge in [-0.15, -0.1) is 0 Å². The summed E-state index contributed by atoms with van der Waals surface area (Å²) >= 11 is -2.59. The molecule has 0 heterocycles. The summed E-state index contributed by atoms with van der Waals surface area (Å²) in [5.74, 6) is 2.80. The average molecular weight is 437 g/mol. The van der Waals surface area contributed by atoms with Gasteiger partial charge in [0.2, 0.25) is 0 Å². The molecule has 4 heteroatoms. The Morgan fingerprint density at radius 2 is 0.786 bits per heavy atom. The number of benzene rings is 3. The zero-order chi connectivity index (χ0) is 20.3. The Morgan fingerprint density at radius 1 is 0.500 bits per heavy atom. The van der Waals surface area contributed by atoms with Crippen molar-refractivity contribution in [3.8, 4) is 17.2 Å². The van der Waals surface area contributed by atoms with E-state index in [1.165, 1.54) is 29.9 Å². The maximum absolute atomic E-state index is 5.80. The fourth-order valence-electron chi connectivity index (χ4n) is 3.74. The monoisotopic (exact) mass is 438 g/mol. The van der Waals surface area contributed by atoms with Crippen LogP contribution in [-0.4, -0.2) is 35.7 Å². The molecule has 0 fully saturated rings. The van der Waals surface area contributed by atoms with E-state index in [-0.39, 0.29) is 0 Å². The van der Waals surface area contributed by atoms with Crippen LogP contribution in [0.25, 0.3) is 0 Å². The number of hydrogen-bond donors (Lipinski definition) is 0. The Labute approximate surface area is 172 Å². The van der Waals surface area contributed by atoms with Crippen molar-refractivity contribution in [3.63, 3.8) is 0 Å². The SMILES string of the molecule is COc1ccc(C)c[c]1[GeH]([c]1cc(C)ccc1OC)[c]1cc(C)ccc1OC. The van der Waals surface area contributed by atoms with E-state index >= 15 is 0 Å². The topological polar surface area (TPSA) is 27.7 Å². The van der Waals surface area contributed by atoms with Gasteiger partial charge in [-0.2, -0.15) is 0 Å². The fourth-order valence-corrected chi connectivity index (χ4v) is 11.7. The molecule has 28 heavy (non-hydrogen) atoms. The molecular weight excluding hydrogens is 409 g/mol. The molecule has 0 unspecified atom stereocenters. The number of ether oxygens (including phenoxy) is 3.